The van der Waals surface area contributed by atoms with Gasteiger partial charge in [0.2, 0.25) is 5.82 Å². The highest BCUT2D eigenvalue weighted by atomic mass is 16.6. The number of rotatable bonds is 4. The molecule has 0 saturated carbocycles. The van der Waals surface area contributed by atoms with E-state index in [9.17, 15) is 4.79 Å². The van der Waals surface area contributed by atoms with Gasteiger partial charge in [0, 0.05) is 5.56 Å². The Labute approximate surface area is 133 Å². The molecule has 0 fully saturated rings. The van der Waals surface area contributed by atoms with Crippen molar-refractivity contribution >= 4 is 5.97 Å². The molecule has 0 aliphatic carbocycles. The first-order chi connectivity index (χ1) is 11.1. The number of hydrogen-bond acceptors (Lipinski definition) is 5. The third kappa shape index (κ3) is 3.29. The lowest BCUT2D eigenvalue weighted by Gasteiger charge is -2.04. The van der Waals surface area contributed by atoms with Gasteiger partial charge in [-0.2, -0.15) is 4.98 Å². The number of aryl methyl sites for hydroxylation is 2. The Hall–Kier alpha value is -2.95. The van der Waals surface area contributed by atoms with Gasteiger partial charge in [-0.25, -0.2) is 4.79 Å². The van der Waals surface area contributed by atoms with E-state index in [1.54, 1.807) is 12.1 Å². The van der Waals surface area contributed by atoms with Crippen molar-refractivity contribution in [3.8, 4) is 11.4 Å². The summed E-state index contributed by atoms with van der Waals surface area (Å²) in [5.41, 5.74) is 3.35. The summed E-state index contributed by atoms with van der Waals surface area (Å²) >= 11 is 0. The Morgan fingerprint density at radius 1 is 1.04 bits per heavy atom. The molecule has 2 aromatic carbocycles. The second kappa shape index (κ2) is 6.44. The number of aromatic nitrogens is 2. The van der Waals surface area contributed by atoms with Gasteiger partial charge in [-0.05, 0) is 31.0 Å². The number of esters is 1. The summed E-state index contributed by atoms with van der Waals surface area (Å²) in [5.74, 6) is 0.356. The zero-order valence-electron chi connectivity index (χ0n) is 12.9. The molecule has 5 nitrogen and oxygen atoms in total. The van der Waals surface area contributed by atoms with Crippen molar-refractivity contribution < 1.29 is 14.1 Å². The highest BCUT2D eigenvalue weighted by Gasteiger charge is 2.14. The van der Waals surface area contributed by atoms with Gasteiger partial charge in [-0.1, -0.05) is 47.6 Å². The Kier molecular flexibility index (Phi) is 4.19. The van der Waals surface area contributed by atoms with Crippen LogP contribution in [0.2, 0.25) is 0 Å². The first kappa shape index (κ1) is 15.0. The fraction of sp³-hybridized carbons (Fsp3) is 0.167. The van der Waals surface area contributed by atoms with Gasteiger partial charge in [0.25, 0.3) is 5.89 Å². The monoisotopic (exact) mass is 308 g/mol. The van der Waals surface area contributed by atoms with Crippen LogP contribution in [0.4, 0.5) is 0 Å². The number of ether oxygens (including phenoxy) is 1. The van der Waals surface area contributed by atoms with E-state index in [4.69, 9.17) is 9.26 Å². The lowest BCUT2D eigenvalue weighted by molar-refractivity contribution is 0.0429. The van der Waals surface area contributed by atoms with Crippen LogP contribution in [-0.2, 0) is 11.3 Å². The van der Waals surface area contributed by atoms with Gasteiger partial charge in [-0.15, -0.1) is 0 Å². The minimum atomic E-state index is -0.404. The van der Waals surface area contributed by atoms with Gasteiger partial charge < -0.3 is 9.26 Å². The fourth-order valence-corrected chi connectivity index (χ4v) is 2.25. The Bertz CT molecular complexity index is 840. The van der Waals surface area contributed by atoms with E-state index in [0.717, 1.165) is 16.7 Å². The summed E-state index contributed by atoms with van der Waals surface area (Å²) in [4.78, 5) is 16.3. The lowest BCUT2D eigenvalue weighted by Crippen LogP contribution is -2.07. The molecule has 3 aromatic rings. The minimum absolute atomic E-state index is 0.0496. The molecule has 1 aromatic heterocycles. The van der Waals surface area contributed by atoms with Crippen LogP contribution in [0.3, 0.4) is 0 Å². The van der Waals surface area contributed by atoms with Gasteiger partial charge in [0.15, 0.2) is 6.61 Å². The predicted molar refractivity (Wildman–Crippen MR) is 84.8 cm³/mol. The molecular weight excluding hydrogens is 292 g/mol. The Balaban J connectivity index is 1.70. The summed E-state index contributed by atoms with van der Waals surface area (Å²) in [6.07, 6.45) is 0. The quantitative estimate of drug-likeness (QED) is 0.687. The maximum Gasteiger partial charge on any atom is 0.338 e. The molecule has 23 heavy (non-hydrogen) atoms. The SMILES string of the molecule is Cc1ccccc1C(=O)OCc1nc(-c2ccccc2C)no1. The van der Waals surface area contributed by atoms with Crippen LogP contribution in [0, 0.1) is 13.8 Å². The highest BCUT2D eigenvalue weighted by Crippen LogP contribution is 2.20. The first-order valence-electron chi connectivity index (χ1n) is 7.26. The van der Waals surface area contributed by atoms with E-state index < -0.39 is 5.97 Å². The van der Waals surface area contributed by atoms with Crippen molar-refractivity contribution in [2.75, 3.05) is 0 Å². The van der Waals surface area contributed by atoms with Crippen molar-refractivity contribution in [1.29, 1.82) is 0 Å². The molecule has 5 heteroatoms. The molecule has 0 aliphatic rings. The normalized spacial score (nSPS) is 10.5. The number of benzene rings is 2. The van der Waals surface area contributed by atoms with Crippen LogP contribution >= 0.6 is 0 Å². The summed E-state index contributed by atoms with van der Waals surface area (Å²) in [6, 6.07) is 15.0. The molecule has 0 radical (unpaired) electrons. The Morgan fingerprint density at radius 3 is 2.48 bits per heavy atom. The zero-order valence-corrected chi connectivity index (χ0v) is 12.9. The zero-order chi connectivity index (χ0) is 16.2. The van der Waals surface area contributed by atoms with E-state index in [1.165, 1.54) is 0 Å². The van der Waals surface area contributed by atoms with Crippen LogP contribution < -0.4 is 0 Å². The third-order valence-electron chi connectivity index (χ3n) is 3.55. The summed E-state index contributed by atoms with van der Waals surface area (Å²) in [5, 5.41) is 3.94. The molecule has 3 rings (SSSR count). The second-order valence-corrected chi connectivity index (χ2v) is 5.22. The molecule has 0 amide bonds. The smallest absolute Gasteiger partial charge is 0.338 e. The molecule has 1 heterocycles. The van der Waals surface area contributed by atoms with Gasteiger partial charge >= 0.3 is 5.97 Å². The maximum absolute atomic E-state index is 12.1. The van der Waals surface area contributed by atoms with Crippen molar-refractivity contribution in [2.45, 2.75) is 20.5 Å². The molecule has 0 N–H and O–H groups in total. The molecule has 0 atom stereocenters. The second-order valence-electron chi connectivity index (χ2n) is 5.22. The average molecular weight is 308 g/mol. The lowest BCUT2D eigenvalue weighted by atomic mass is 10.1. The molecular formula is C18H16N2O3. The maximum atomic E-state index is 12.1. The summed E-state index contributed by atoms with van der Waals surface area (Å²) < 4.78 is 10.4. The largest absolute Gasteiger partial charge is 0.452 e. The van der Waals surface area contributed by atoms with Crippen molar-refractivity contribution in [3.05, 3.63) is 71.1 Å². The molecule has 0 unspecified atom stereocenters. The number of hydrogen-bond donors (Lipinski definition) is 0. The summed E-state index contributed by atoms with van der Waals surface area (Å²) in [7, 11) is 0. The number of carbonyl (C=O) groups is 1. The highest BCUT2D eigenvalue weighted by molar-refractivity contribution is 5.90. The predicted octanol–water partition coefficient (Wildman–Crippen LogP) is 3.71. The standard InChI is InChI=1S/C18H16N2O3/c1-12-7-3-5-9-14(12)17-19-16(23-20-17)11-22-18(21)15-10-6-4-8-13(15)2/h3-10H,11H2,1-2H3. The van der Waals surface area contributed by atoms with Crippen molar-refractivity contribution in [1.82, 2.24) is 10.1 Å². The van der Waals surface area contributed by atoms with Gasteiger partial charge in [0.05, 0.1) is 5.56 Å². The van der Waals surface area contributed by atoms with Gasteiger partial charge in [0.1, 0.15) is 0 Å². The Morgan fingerprint density at radius 2 is 1.74 bits per heavy atom. The van der Waals surface area contributed by atoms with Gasteiger partial charge in [-0.3, -0.25) is 0 Å². The average Bonchev–Trinajstić information content (AvgIpc) is 3.02. The molecule has 0 saturated heterocycles. The molecule has 0 aliphatic heterocycles. The van der Waals surface area contributed by atoms with E-state index in [-0.39, 0.29) is 12.5 Å². The topological polar surface area (TPSA) is 65.2 Å². The van der Waals surface area contributed by atoms with E-state index in [0.29, 0.717) is 11.4 Å². The minimum Gasteiger partial charge on any atom is -0.452 e. The van der Waals surface area contributed by atoms with E-state index >= 15 is 0 Å². The molecule has 0 spiro atoms. The van der Waals surface area contributed by atoms with E-state index in [1.807, 2.05) is 50.2 Å². The van der Waals surface area contributed by atoms with Crippen molar-refractivity contribution in [2.24, 2.45) is 0 Å². The third-order valence-corrected chi connectivity index (χ3v) is 3.55. The molecule has 116 valence electrons. The number of nitrogens with zero attached hydrogens (tertiary/aromatic N) is 2. The van der Waals surface area contributed by atoms with Crippen LogP contribution in [0.5, 0.6) is 0 Å². The van der Waals surface area contributed by atoms with Crippen LogP contribution in [0.15, 0.2) is 53.1 Å². The summed E-state index contributed by atoms with van der Waals surface area (Å²) in [6.45, 7) is 3.79. The van der Waals surface area contributed by atoms with E-state index in [2.05, 4.69) is 10.1 Å². The van der Waals surface area contributed by atoms with Crippen molar-refractivity contribution in [3.63, 3.8) is 0 Å². The van der Waals surface area contributed by atoms with Crippen LogP contribution in [0.1, 0.15) is 27.4 Å². The number of carbonyl (C=O) groups excluding carboxylic acids is 1. The van der Waals surface area contributed by atoms with Crippen LogP contribution in [-0.4, -0.2) is 16.1 Å². The van der Waals surface area contributed by atoms with Crippen LogP contribution in [0.25, 0.3) is 11.4 Å². The molecule has 0 bridgehead atoms. The first-order valence-corrected chi connectivity index (χ1v) is 7.26. The fourth-order valence-electron chi connectivity index (χ4n) is 2.25.